The number of aryl methyl sites for hydroxylation is 1. The van der Waals surface area contributed by atoms with Gasteiger partial charge in [0.05, 0.1) is 0 Å². The largest absolute Gasteiger partial charge is 0.312 e. The van der Waals surface area contributed by atoms with Crippen LogP contribution in [0.25, 0.3) is 0 Å². The van der Waals surface area contributed by atoms with E-state index in [2.05, 4.69) is 62.2 Å². The van der Waals surface area contributed by atoms with Crippen molar-refractivity contribution >= 4 is 11.8 Å². The van der Waals surface area contributed by atoms with E-state index in [0.717, 1.165) is 0 Å². The lowest BCUT2D eigenvalue weighted by atomic mass is 10.1. The average Bonchev–Trinajstić information content (AvgIpc) is 2.34. The first-order chi connectivity index (χ1) is 8.27. The van der Waals surface area contributed by atoms with Crippen LogP contribution in [-0.4, -0.2) is 18.6 Å². The Morgan fingerprint density at radius 1 is 1.29 bits per heavy atom. The molecule has 1 unspecified atom stereocenters. The van der Waals surface area contributed by atoms with Crippen LogP contribution in [0.3, 0.4) is 0 Å². The Bertz CT molecular complexity index is 312. The predicted octanol–water partition coefficient (Wildman–Crippen LogP) is 4.18. The lowest BCUT2D eigenvalue weighted by Gasteiger charge is -2.16. The highest BCUT2D eigenvalue weighted by Gasteiger charge is 2.08. The highest BCUT2D eigenvalue weighted by molar-refractivity contribution is 7.99. The van der Waals surface area contributed by atoms with Gasteiger partial charge in [0.2, 0.25) is 0 Å². The van der Waals surface area contributed by atoms with Gasteiger partial charge in [-0.3, -0.25) is 0 Å². The van der Waals surface area contributed by atoms with Crippen LogP contribution in [0.5, 0.6) is 0 Å². The van der Waals surface area contributed by atoms with Crippen LogP contribution in [0, 0.1) is 6.92 Å². The van der Waals surface area contributed by atoms with E-state index in [1.54, 1.807) is 0 Å². The van der Waals surface area contributed by atoms with Crippen molar-refractivity contribution in [1.29, 1.82) is 0 Å². The van der Waals surface area contributed by atoms with E-state index in [1.165, 1.54) is 41.9 Å². The maximum atomic E-state index is 3.42. The molecule has 2 heteroatoms. The van der Waals surface area contributed by atoms with Gasteiger partial charge in [-0.25, -0.2) is 0 Å². The first-order valence-electron chi connectivity index (χ1n) is 6.59. The van der Waals surface area contributed by atoms with Crippen molar-refractivity contribution in [2.24, 2.45) is 0 Å². The van der Waals surface area contributed by atoms with E-state index < -0.39 is 0 Å². The summed E-state index contributed by atoms with van der Waals surface area (Å²) in [7, 11) is 2.06. The Morgan fingerprint density at radius 3 is 2.76 bits per heavy atom. The number of rotatable bonds is 8. The molecule has 96 valence electrons. The first kappa shape index (κ1) is 14.6. The number of benzene rings is 1. The van der Waals surface area contributed by atoms with Crippen molar-refractivity contribution in [2.75, 3.05) is 18.6 Å². The third-order valence-electron chi connectivity index (χ3n) is 2.97. The van der Waals surface area contributed by atoms with Crippen molar-refractivity contribution in [3.8, 4) is 0 Å². The predicted molar refractivity (Wildman–Crippen MR) is 79.8 cm³/mol. The number of hydrogen-bond acceptors (Lipinski definition) is 2. The normalized spacial score (nSPS) is 12.6. The molecule has 17 heavy (non-hydrogen) atoms. The summed E-state index contributed by atoms with van der Waals surface area (Å²) in [6.07, 6.45) is 4.03. The monoisotopic (exact) mass is 251 g/mol. The number of hydrogen-bond donors (Lipinski definition) is 1. The zero-order valence-electron chi connectivity index (χ0n) is 11.3. The molecule has 0 radical (unpaired) electrons. The third-order valence-corrected chi connectivity index (χ3v) is 4.12. The van der Waals surface area contributed by atoms with Gasteiger partial charge in [0, 0.05) is 11.8 Å². The molecule has 1 N–H and O–H groups in total. The van der Waals surface area contributed by atoms with E-state index in [0.29, 0.717) is 6.04 Å². The quantitative estimate of drug-likeness (QED) is 0.696. The second-order valence-electron chi connectivity index (χ2n) is 4.54. The van der Waals surface area contributed by atoms with E-state index in [1.807, 2.05) is 0 Å². The van der Waals surface area contributed by atoms with Gasteiger partial charge in [0.15, 0.2) is 0 Å². The molecule has 1 nitrogen and oxygen atoms in total. The molecule has 0 bridgehead atoms. The van der Waals surface area contributed by atoms with Gasteiger partial charge in [-0.1, -0.05) is 49.6 Å². The molecule has 0 amide bonds. The summed E-state index contributed by atoms with van der Waals surface area (Å²) < 4.78 is 0. The molecule has 0 saturated heterocycles. The summed E-state index contributed by atoms with van der Waals surface area (Å²) in [5.41, 5.74) is 2.76. The third kappa shape index (κ3) is 5.60. The average molecular weight is 251 g/mol. The maximum absolute atomic E-state index is 3.42. The lowest BCUT2D eigenvalue weighted by Crippen LogP contribution is -2.19. The Kier molecular flexibility index (Phi) is 7.38. The number of unbranched alkanes of at least 4 members (excludes halogenated alkanes) is 2. The molecule has 0 spiro atoms. The van der Waals surface area contributed by atoms with Gasteiger partial charge in [0.1, 0.15) is 0 Å². The molecule has 0 aliphatic rings. The molecule has 0 aromatic heterocycles. The van der Waals surface area contributed by atoms with E-state index in [9.17, 15) is 0 Å². The topological polar surface area (TPSA) is 12.0 Å². The minimum Gasteiger partial charge on any atom is -0.312 e. The van der Waals surface area contributed by atoms with E-state index >= 15 is 0 Å². The minimum atomic E-state index is 0.488. The summed E-state index contributed by atoms with van der Waals surface area (Å²) in [4.78, 5) is 0. The Balaban J connectivity index is 2.38. The fourth-order valence-corrected chi connectivity index (χ4v) is 3.06. The molecule has 0 aliphatic heterocycles. The Labute approximate surface area is 110 Å². The van der Waals surface area contributed by atoms with Crippen LogP contribution >= 0.6 is 11.8 Å². The van der Waals surface area contributed by atoms with Gasteiger partial charge in [-0.15, -0.1) is 0 Å². The summed E-state index contributed by atoms with van der Waals surface area (Å²) in [6.45, 7) is 4.42. The van der Waals surface area contributed by atoms with Gasteiger partial charge in [-0.05, 0) is 31.7 Å². The second kappa shape index (κ2) is 8.60. The first-order valence-corrected chi connectivity index (χ1v) is 7.75. The van der Waals surface area contributed by atoms with Gasteiger partial charge >= 0.3 is 0 Å². The van der Waals surface area contributed by atoms with Crippen LogP contribution in [0.2, 0.25) is 0 Å². The molecular formula is C15H25NS. The SMILES string of the molecule is CCCCCSCC(NC)c1cccc(C)c1. The fourth-order valence-electron chi connectivity index (χ4n) is 1.89. The van der Waals surface area contributed by atoms with Crippen LogP contribution in [0.15, 0.2) is 24.3 Å². The summed E-state index contributed by atoms with van der Waals surface area (Å²) in [5, 5.41) is 3.42. The van der Waals surface area contributed by atoms with Gasteiger partial charge in [-0.2, -0.15) is 11.8 Å². The van der Waals surface area contributed by atoms with Gasteiger partial charge < -0.3 is 5.32 Å². The molecule has 1 atom stereocenters. The van der Waals surface area contributed by atoms with Crippen molar-refractivity contribution in [1.82, 2.24) is 5.32 Å². The van der Waals surface area contributed by atoms with Crippen LogP contribution < -0.4 is 5.32 Å². The molecular weight excluding hydrogens is 226 g/mol. The summed E-state index contributed by atoms with van der Waals surface area (Å²) in [5.74, 6) is 2.46. The fraction of sp³-hybridized carbons (Fsp3) is 0.600. The van der Waals surface area contributed by atoms with Crippen LogP contribution in [-0.2, 0) is 0 Å². The molecule has 1 rings (SSSR count). The summed E-state index contributed by atoms with van der Waals surface area (Å²) >= 11 is 2.06. The Hall–Kier alpha value is -0.470. The number of thioether (sulfide) groups is 1. The lowest BCUT2D eigenvalue weighted by molar-refractivity contribution is 0.660. The highest BCUT2D eigenvalue weighted by atomic mass is 32.2. The van der Waals surface area contributed by atoms with Gasteiger partial charge in [0.25, 0.3) is 0 Å². The molecule has 1 aromatic carbocycles. The van der Waals surface area contributed by atoms with Crippen LogP contribution in [0.4, 0.5) is 0 Å². The Morgan fingerprint density at radius 2 is 2.12 bits per heavy atom. The molecule has 0 aliphatic carbocycles. The molecule has 1 aromatic rings. The standard InChI is InChI=1S/C15H25NS/c1-4-5-6-10-17-12-15(16-3)14-9-7-8-13(2)11-14/h7-9,11,15-16H,4-6,10,12H2,1-3H3. The summed E-state index contributed by atoms with van der Waals surface area (Å²) in [6, 6.07) is 9.30. The zero-order valence-corrected chi connectivity index (χ0v) is 12.1. The van der Waals surface area contributed by atoms with E-state index in [4.69, 9.17) is 0 Å². The van der Waals surface area contributed by atoms with Crippen molar-refractivity contribution in [3.63, 3.8) is 0 Å². The van der Waals surface area contributed by atoms with Crippen molar-refractivity contribution in [3.05, 3.63) is 35.4 Å². The molecule has 0 fully saturated rings. The zero-order chi connectivity index (χ0) is 12.5. The molecule has 0 saturated carbocycles. The number of nitrogens with one attached hydrogen (secondary N) is 1. The maximum Gasteiger partial charge on any atom is 0.0409 e. The van der Waals surface area contributed by atoms with E-state index in [-0.39, 0.29) is 0 Å². The van der Waals surface area contributed by atoms with Crippen molar-refractivity contribution < 1.29 is 0 Å². The highest BCUT2D eigenvalue weighted by Crippen LogP contribution is 2.20. The second-order valence-corrected chi connectivity index (χ2v) is 5.69. The minimum absolute atomic E-state index is 0.488. The smallest absolute Gasteiger partial charge is 0.0409 e. The van der Waals surface area contributed by atoms with Crippen LogP contribution in [0.1, 0.15) is 43.4 Å². The molecule has 0 heterocycles. The van der Waals surface area contributed by atoms with Crippen molar-refractivity contribution in [2.45, 2.75) is 39.2 Å².